The van der Waals surface area contributed by atoms with E-state index in [2.05, 4.69) is 0 Å². The summed E-state index contributed by atoms with van der Waals surface area (Å²) in [5, 5.41) is 0.670. The molecule has 1 aliphatic heterocycles. The maximum Gasteiger partial charge on any atom is 0.336 e. The van der Waals surface area contributed by atoms with Gasteiger partial charge in [0.1, 0.15) is 6.04 Å². The number of nitrogens with zero attached hydrogens (tertiary/aromatic N) is 4. The highest BCUT2D eigenvalue weighted by atomic mass is 35.5. The molecule has 2 aromatic carbocycles. The summed E-state index contributed by atoms with van der Waals surface area (Å²) in [4.78, 5) is 55.9. The third kappa shape index (κ3) is 4.25. The highest BCUT2D eigenvalue weighted by molar-refractivity contribution is 6.31. The number of fused-ring (bicyclic) bond motifs is 1. The fourth-order valence-electron chi connectivity index (χ4n) is 4.52. The summed E-state index contributed by atoms with van der Waals surface area (Å²) in [5.41, 5.74) is 0.619. The fourth-order valence-corrected chi connectivity index (χ4v) is 4.69. The van der Waals surface area contributed by atoms with Crippen LogP contribution in [0.15, 0.2) is 52.1 Å². The first-order chi connectivity index (χ1) is 16.2. The molecule has 1 atom stereocenters. The SMILES string of the molecule is CCC(C(=O)N1CCN(C(C)=O)CC1)n1c(=O)n(-c2cccc(C)c2)c(=O)c2ccc(Cl)cc21. The summed E-state index contributed by atoms with van der Waals surface area (Å²) >= 11 is 6.24. The number of halogens is 1. The van der Waals surface area contributed by atoms with Crippen LogP contribution in [-0.2, 0) is 9.59 Å². The largest absolute Gasteiger partial charge is 0.339 e. The number of piperazine rings is 1. The molecule has 1 aliphatic rings. The van der Waals surface area contributed by atoms with Crippen LogP contribution in [0.2, 0.25) is 5.02 Å². The van der Waals surface area contributed by atoms with Gasteiger partial charge in [-0.25, -0.2) is 9.36 Å². The van der Waals surface area contributed by atoms with Crippen LogP contribution in [0.5, 0.6) is 0 Å². The number of rotatable bonds is 4. The van der Waals surface area contributed by atoms with Crippen LogP contribution in [0.25, 0.3) is 16.6 Å². The van der Waals surface area contributed by atoms with Crippen molar-refractivity contribution in [2.75, 3.05) is 26.2 Å². The van der Waals surface area contributed by atoms with Gasteiger partial charge in [-0.3, -0.25) is 19.0 Å². The molecule has 0 saturated carbocycles. The summed E-state index contributed by atoms with van der Waals surface area (Å²) in [6.45, 7) is 6.89. The molecule has 0 N–H and O–H groups in total. The molecular formula is C25H27ClN4O4. The highest BCUT2D eigenvalue weighted by Crippen LogP contribution is 2.23. The maximum atomic E-state index is 13.8. The second-order valence-electron chi connectivity index (χ2n) is 8.55. The van der Waals surface area contributed by atoms with Crippen molar-refractivity contribution in [3.05, 3.63) is 73.9 Å². The van der Waals surface area contributed by atoms with Gasteiger partial charge in [0, 0.05) is 38.1 Å². The first-order valence-corrected chi connectivity index (χ1v) is 11.7. The second-order valence-corrected chi connectivity index (χ2v) is 8.99. The summed E-state index contributed by atoms with van der Waals surface area (Å²) in [6.07, 6.45) is 0.347. The number of carbonyl (C=O) groups is 2. The fraction of sp³-hybridized carbons (Fsp3) is 0.360. The van der Waals surface area contributed by atoms with E-state index in [4.69, 9.17) is 11.6 Å². The van der Waals surface area contributed by atoms with Crippen LogP contribution in [-0.4, -0.2) is 56.9 Å². The van der Waals surface area contributed by atoms with Crippen LogP contribution >= 0.6 is 11.6 Å². The lowest BCUT2D eigenvalue weighted by atomic mass is 10.1. The molecule has 2 amide bonds. The average molecular weight is 483 g/mol. The number of hydrogen-bond acceptors (Lipinski definition) is 4. The van der Waals surface area contributed by atoms with Crippen LogP contribution in [0.3, 0.4) is 0 Å². The molecule has 1 aromatic heterocycles. The van der Waals surface area contributed by atoms with Crippen LogP contribution in [0, 0.1) is 6.92 Å². The Bertz CT molecular complexity index is 1390. The highest BCUT2D eigenvalue weighted by Gasteiger charge is 2.31. The Balaban J connectivity index is 1.89. The molecule has 178 valence electrons. The molecule has 2 heterocycles. The minimum Gasteiger partial charge on any atom is -0.339 e. The lowest BCUT2D eigenvalue weighted by Gasteiger charge is -2.36. The van der Waals surface area contributed by atoms with Crippen LogP contribution in [0.4, 0.5) is 0 Å². The number of hydrogen-bond donors (Lipinski definition) is 0. The van der Waals surface area contributed by atoms with Gasteiger partial charge in [0.15, 0.2) is 0 Å². The molecular weight excluding hydrogens is 456 g/mol. The number of aromatic nitrogens is 2. The van der Waals surface area contributed by atoms with Gasteiger partial charge in [-0.2, -0.15) is 0 Å². The first kappa shape index (κ1) is 23.8. The second kappa shape index (κ2) is 9.46. The monoisotopic (exact) mass is 482 g/mol. The molecule has 0 bridgehead atoms. The van der Waals surface area contributed by atoms with Gasteiger partial charge in [-0.15, -0.1) is 0 Å². The van der Waals surface area contributed by atoms with Crippen molar-refractivity contribution < 1.29 is 9.59 Å². The average Bonchev–Trinajstić information content (AvgIpc) is 2.81. The van der Waals surface area contributed by atoms with Crippen molar-refractivity contribution in [1.29, 1.82) is 0 Å². The summed E-state index contributed by atoms with van der Waals surface area (Å²) < 4.78 is 2.51. The Labute approximate surface area is 202 Å². The van der Waals surface area contributed by atoms with Gasteiger partial charge in [-0.05, 0) is 49.2 Å². The number of benzene rings is 2. The Morgan fingerprint density at radius 2 is 1.68 bits per heavy atom. The lowest BCUT2D eigenvalue weighted by Crippen LogP contribution is -2.53. The molecule has 1 unspecified atom stereocenters. The number of carbonyl (C=O) groups excluding carboxylic acids is 2. The van der Waals surface area contributed by atoms with Gasteiger partial charge < -0.3 is 9.80 Å². The molecule has 0 radical (unpaired) electrons. The van der Waals surface area contributed by atoms with Crippen molar-refractivity contribution in [2.24, 2.45) is 0 Å². The smallest absolute Gasteiger partial charge is 0.336 e. The minimum absolute atomic E-state index is 0.0266. The third-order valence-electron chi connectivity index (χ3n) is 6.33. The van der Waals surface area contributed by atoms with E-state index in [1.54, 1.807) is 46.2 Å². The first-order valence-electron chi connectivity index (χ1n) is 11.3. The maximum absolute atomic E-state index is 13.8. The van der Waals surface area contributed by atoms with Crippen molar-refractivity contribution in [3.8, 4) is 5.69 Å². The zero-order chi connectivity index (χ0) is 24.6. The Kier molecular flexibility index (Phi) is 6.61. The standard InChI is InChI=1S/C25H27ClN4O4/c1-4-21(24(33)28-12-10-27(11-13-28)17(3)31)30-22-15-18(26)8-9-20(22)23(32)29(25(30)34)19-7-5-6-16(2)14-19/h5-9,14-15,21H,4,10-13H2,1-3H3. The third-order valence-corrected chi connectivity index (χ3v) is 6.57. The molecule has 8 nitrogen and oxygen atoms in total. The summed E-state index contributed by atoms with van der Waals surface area (Å²) in [6, 6.07) is 11.1. The Hall–Kier alpha value is -3.39. The molecule has 0 spiro atoms. The minimum atomic E-state index is -0.825. The predicted molar refractivity (Wildman–Crippen MR) is 132 cm³/mol. The number of aryl methyl sites for hydroxylation is 1. The van der Waals surface area contributed by atoms with E-state index in [0.29, 0.717) is 54.2 Å². The molecule has 1 saturated heterocycles. The van der Waals surface area contributed by atoms with Gasteiger partial charge >= 0.3 is 5.69 Å². The zero-order valence-corrected chi connectivity index (χ0v) is 20.2. The van der Waals surface area contributed by atoms with E-state index in [9.17, 15) is 19.2 Å². The lowest BCUT2D eigenvalue weighted by molar-refractivity contribution is -0.140. The van der Waals surface area contributed by atoms with E-state index in [1.807, 2.05) is 19.9 Å². The molecule has 4 rings (SSSR count). The van der Waals surface area contributed by atoms with E-state index >= 15 is 0 Å². The van der Waals surface area contributed by atoms with Gasteiger partial charge in [0.05, 0.1) is 16.6 Å². The van der Waals surface area contributed by atoms with E-state index in [1.165, 1.54) is 11.5 Å². The van der Waals surface area contributed by atoms with E-state index < -0.39 is 17.3 Å². The quantitative estimate of drug-likeness (QED) is 0.572. The Morgan fingerprint density at radius 3 is 2.29 bits per heavy atom. The molecule has 34 heavy (non-hydrogen) atoms. The van der Waals surface area contributed by atoms with Gasteiger partial charge in [0.25, 0.3) is 5.56 Å². The van der Waals surface area contributed by atoms with E-state index in [0.717, 1.165) is 10.1 Å². The zero-order valence-electron chi connectivity index (χ0n) is 19.5. The summed E-state index contributed by atoms with van der Waals surface area (Å²) in [7, 11) is 0. The van der Waals surface area contributed by atoms with Crippen molar-refractivity contribution in [3.63, 3.8) is 0 Å². The molecule has 3 aromatic rings. The van der Waals surface area contributed by atoms with Gasteiger partial charge in [0.2, 0.25) is 11.8 Å². The van der Waals surface area contributed by atoms with Crippen LogP contribution in [0.1, 0.15) is 31.9 Å². The predicted octanol–water partition coefficient (Wildman–Crippen LogP) is 2.76. The van der Waals surface area contributed by atoms with Crippen molar-refractivity contribution in [2.45, 2.75) is 33.2 Å². The normalized spacial score (nSPS) is 14.9. The summed E-state index contributed by atoms with van der Waals surface area (Å²) in [5.74, 6) is -0.246. The van der Waals surface area contributed by atoms with Crippen LogP contribution < -0.4 is 11.2 Å². The molecule has 1 fully saturated rings. The van der Waals surface area contributed by atoms with Gasteiger partial charge in [-0.1, -0.05) is 30.7 Å². The molecule has 0 aliphatic carbocycles. The van der Waals surface area contributed by atoms with Crippen molar-refractivity contribution >= 4 is 34.3 Å². The topological polar surface area (TPSA) is 84.6 Å². The molecule has 9 heteroatoms. The number of amides is 2. The van der Waals surface area contributed by atoms with Crippen molar-refractivity contribution in [1.82, 2.24) is 18.9 Å². The Morgan fingerprint density at radius 1 is 1.00 bits per heavy atom. The van der Waals surface area contributed by atoms with E-state index in [-0.39, 0.29) is 11.8 Å².